The van der Waals surface area contributed by atoms with Crippen molar-refractivity contribution in [2.24, 2.45) is 0 Å². The van der Waals surface area contributed by atoms with Crippen LogP contribution in [0.2, 0.25) is 0 Å². The standard InChI is InChI=1S/C32H35FN6O5/c1-42-20-22-19-38(14-15-44-22)32(41)27-17-26-25(23-7-3-4-8-28(23)43-2)16-24(30(33)31(26)35-27)21-6-5-11-37(18-21)29(40)9-12-39-13-10-34-36-39/h3-4,6-8,10,13,16-17,22,35H,5,9,11-12,14-15,18-20H2,1-2H3/t22-/m1/s1. The first-order valence-electron chi connectivity index (χ1n) is 14.7. The molecule has 1 fully saturated rings. The van der Waals surface area contributed by atoms with Gasteiger partial charge in [0.1, 0.15) is 11.4 Å². The molecule has 0 bridgehead atoms. The lowest BCUT2D eigenvalue weighted by Crippen LogP contribution is -2.47. The molecule has 11 nitrogen and oxygen atoms in total. The molecule has 0 saturated carbocycles. The lowest BCUT2D eigenvalue weighted by molar-refractivity contribution is -0.131. The molecule has 6 rings (SSSR count). The number of halogens is 1. The smallest absolute Gasteiger partial charge is 0.270 e. The lowest BCUT2D eigenvalue weighted by atomic mass is 9.93. The predicted octanol–water partition coefficient (Wildman–Crippen LogP) is 3.77. The van der Waals surface area contributed by atoms with Gasteiger partial charge in [-0.05, 0) is 35.8 Å². The fourth-order valence-electron chi connectivity index (χ4n) is 5.93. The summed E-state index contributed by atoms with van der Waals surface area (Å²) in [7, 11) is 3.19. The molecule has 0 spiro atoms. The Labute approximate surface area is 254 Å². The second-order valence-electron chi connectivity index (χ2n) is 10.9. The molecule has 0 aliphatic carbocycles. The number of H-pyrrole nitrogens is 1. The molecule has 44 heavy (non-hydrogen) atoms. The third-order valence-electron chi connectivity index (χ3n) is 8.13. The number of amides is 2. The maximum Gasteiger partial charge on any atom is 0.270 e. The highest BCUT2D eigenvalue weighted by molar-refractivity contribution is 6.05. The number of carbonyl (C=O) groups is 2. The van der Waals surface area contributed by atoms with Crippen LogP contribution in [0.3, 0.4) is 0 Å². The number of ether oxygens (including phenoxy) is 3. The summed E-state index contributed by atoms with van der Waals surface area (Å²) in [5.41, 5.74) is 3.08. The molecular weight excluding hydrogens is 567 g/mol. The third kappa shape index (κ3) is 5.95. The number of fused-ring (bicyclic) bond motifs is 1. The van der Waals surface area contributed by atoms with Crippen LogP contribution in [0.5, 0.6) is 5.75 Å². The molecule has 2 aliphatic rings. The number of hydrogen-bond acceptors (Lipinski definition) is 7. The molecule has 4 aromatic rings. The van der Waals surface area contributed by atoms with Gasteiger partial charge in [0.15, 0.2) is 5.82 Å². The number of para-hydroxylation sites is 1. The van der Waals surface area contributed by atoms with Gasteiger partial charge in [-0.1, -0.05) is 29.5 Å². The Morgan fingerprint density at radius 1 is 1.11 bits per heavy atom. The van der Waals surface area contributed by atoms with E-state index in [2.05, 4.69) is 15.3 Å². The number of aromatic nitrogens is 4. The first-order chi connectivity index (χ1) is 21.5. The van der Waals surface area contributed by atoms with Gasteiger partial charge in [-0.3, -0.25) is 14.3 Å². The van der Waals surface area contributed by atoms with Gasteiger partial charge < -0.3 is 29.0 Å². The summed E-state index contributed by atoms with van der Waals surface area (Å²) in [6, 6.07) is 11.0. The summed E-state index contributed by atoms with van der Waals surface area (Å²) in [5.74, 6) is -0.125. The summed E-state index contributed by atoms with van der Waals surface area (Å²) in [6.45, 7) is 2.81. The number of aryl methyl sites for hydroxylation is 1. The molecule has 2 amide bonds. The molecule has 1 saturated heterocycles. The van der Waals surface area contributed by atoms with Crippen LogP contribution >= 0.6 is 0 Å². The van der Waals surface area contributed by atoms with Crippen molar-refractivity contribution in [2.75, 3.05) is 53.6 Å². The Balaban J connectivity index is 1.36. The topological polar surface area (TPSA) is 115 Å². The second kappa shape index (κ2) is 13.0. The third-order valence-corrected chi connectivity index (χ3v) is 8.13. The van der Waals surface area contributed by atoms with Crippen molar-refractivity contribution in [3.05, 3.63) is 71.9 Å². The number of aromatic amines is 1. The summed E-state index contributed by atoms with van der Waals surface area (Å²) in [6.07, 6.45) is 5.90. The van der Waals surface area contributed by atoms with Gasteiger partial charge in [0.2, 0.25) is 5.91 Å². The van der Waals surface area contributed by atoms with E-state index in [4.69, 9.17) is 14.2 Å². The van der Waals surface area contributed by atoms with Gasteiger partial charge in [-0.2, -0.15) is 0 Å². The second-order valence-corrected chi connectivity index (χ2v) is 10.9. The van der Waals surface area contributed by atoms with Crippen molar-refractivity contribution in [3.8, 4) is 16.9 Å². The van der Waals surface area contributed by atoms with Gasteiger partial charge >= 0.3 is 0 Å². The number of nitrogens with zero attached hydrogens (tertiary/aromatic N) is 5. The van der Waals surface area contributed by atoms with E-state index in [1.807, 2.05) is 30.3 Å². The maximum absolute atomic E-state index is 16.5. The van der Waals surface area contributed by atoms with Crippen LogP contribution in [0.15, 0.2) is 54.9 Å². The molecule has 2 aliphatic heterocycles. The zero-order chi connectivity index (χ0) is 30.6. The number of nitrogens with one attached hydrogen (secondary N) is 1. The quantitative estimate of drug-likeness (QED) is 0.310. The molecule has 4 heterocycles. The van der Waals surface area contributed by atoms with E-state index in [0.29, 0.717) is 68.1 Å². The van der Waals surface area contributed by atoms with Gasteiger partial charge in [0, 0.05) is 62.4 Å². The minimum absolute atomic E-state index is 0.0393. The van der Waals surface area contributed by atoms with Gasteiger partial charge in [-0.25, -0.2) is 4.39 Å². The summed E-state index contributed by atoms with van der Waals surface area (Å²) in [4.78, 5) is 33.3. The van der Waals surface area contributed by atoms with Crippen molar-refractivity contribution >= 4 is 28.3 Å². The van der Waals surface area contributed by atoms with Gasteiger partial charge in [-0.15, -0.1) is 5.10 Å². The van der Waals surface area contributed by atoms with E-state index in [9.17, 15) is 9.59 Å². The highest BCUT2D eigenvalue weighted by Crippen LogP contribution is 2.40. The minimum Gasteiger partial charge on any atom is -0.496 e. The SMILES string of the molecule is COC[C@H]1CN(C(=O)c2cc3c(-c4ccccc4OC)cc(C4=CCCN(C(=O)CCn5ccnn5)C4)c(F)c3[nH]2)CCO1. The lowest BCUT2D eigenvalue weighted by Gasteiger charge is -2.32. The van der Waals surface area contributed by atoms with Gasteiger partial charge in [0.25, 0.3) is 5.91 Å². The number of hydrogen-bond donors (Lipinski definition) is 1. The van der Waals surface area contributed by atoms with E-state index in [-0.39, 0.29) is 42.1 Å². The van der Waals surface area contributed by atoms with Crippen LogP contribution < -0.4 is 4.74 Å². The van der Waals surface area contributed by atoms with E-state index >= 15 is 4.39 Å². The highest BCUT2D eigenvalue weighted by atomic mass is 19.1. The van der Waals surface area contributed by atoms with Crippen LogP contribution in [0.1, 0.15) is 28.9 Å². The van der Waals surface area contributed by atoms with Crippen LogP contribution in [-0.4, -0.2) is 101 Å². The van der Waals surface area contributed by atoms with E-state index < -0.39 is 5.82 Å². The molecule has 230 valence electrons. The molecule has 2 aromatic heterocycles. The number of methoxy groups -OCH3 is 2. The molecule has 2 aromatic carbocycles. The maximum atomic E-state index is 16.5. The Bertz CT molecular complexity index is 1680. The summed E-state index contributed by atoms with van der Waals surface area (Å²) in [5, 5.41) is 8.28. The minimum atomic E-state index is -0.472. The van der Waals surface area contributed by atoms with E-state index in [1.54, 1.807) is 53.2 Å². The van der Waals surface area contributed by atoms with E-state index in [1.165, 1.54) is 0 Å². The number of rotatable bonds is 9. The van der Waals surface area contributed by atoms with Crippen LogP contribution in [-0.2, 0) is 20.8 Å². The fraction of sp³-hybridized carbons (Fsp3) is 0.375. The molecular formula is C32H35FN6O5. The van der Waals surface area contributed by atoms with Crippen LogP contribution in [0, 0.1) is 5.82 Å². The summed E-state index contributed by atoms with van der Waals surface area (Å²) < 4.78 is 34.7. The Hall–Kier alpha value is -4.55. The zero-order valence-electron chi connectivity index (χ0n) is 24.8. The van der Waals surface area contributed by atoms with Gasteiger partial charge in [0.05, 0.1) is 44.7 Å². The van der Waals surface area contributed by atoms with Crippen molar-refractivity contribution < 1.29 is 28.2 Å². The van der Waals surface area contributed by atoms with Crippen molar-refractivity contribution in [3.63, 3.8) is 0 Å². The largest absolute Gasteiger partial charge is 0.496 e. The van der Waals surface area contributed by atoms with Crippen LogP contribution in [0.4, 0.5) is 4.39 Å². The normalized spacial score (nSPS) is 17.2. The predicted molar refractivity (Wildman–Crippen MR) is 162 cm³/mol. The molecule has 1 atom stereocenters. The average molecular weight is 603 g/mol. The van der Waals surface area contributed by atoms with Crippen molar-refractivity contribution in [2.45, 2.75) is 25.5 Å². The number of benzene rings is 2. The van der Waals surface area contributed by atoms with E-state index in [0.717, 1.165) is 11.1 Å². The summed E-state index contributed by atoms with van der Waals surface area (Å²) >= 11 is 0. The zero-order valence-corrected chi connectivity index (χ0v) is 24.8. The number of carbonyl (C=O) groups excluding carboxylic acids is 2. The molecule has 0 radical (unpaired) electrons. The average Bonchev–Trinajstić information content (AvgIpc) is 3.75. The highest BCUT2D eigenvalue weighted by Gasteiger charge is 2.29. The Morgan fingerprint density at radius 2 is 1.98 bits per heavy atom. The Morgan fingerprint density at radius 3 is 2.77 bits per heavy atom. The Kier molecular flexibility index (Phi) is 8.71. The first kappa shape index (κ1) is 29.5. The first-order valence-corrected chi connectivity index (χ1v) is 14.7. The monoisotopic (exact) mass is 602 g/mol. The molecule has 12 heteroatoms. The van der Waals surface area contributed by atoms with Crippen LogP contribution in [0.25, 0.3) is 27.6 Å². The number of morpholine rings is 1. The van der Waals surface area contributed by atoms with Crippen molar-refractivity contribution in [1.29, 1.82) is 0 Å². The fourth-order valence-corrected chi connectivity index (χ4v) is 5.93. The molecule has 0 unspecified atom stereocenters. The molecule has 1 N–H and O–H groups in total. The van der Waals surface area contributed by atoms with Crippen molar-refractivity contribution in [1.82, 2.24) is 29.8 Å².